The average Bonchev–Trinajstić information content (AvgIpc) is 3.17. The van der Waals surface area contributed by atoms with Crippen LogP contribution in [0.15, 0.2) is 24.3 Å². The summed E-state index contributed by atoms with van der Waals surface area (Å²) in [6, 6.07) is 7.04. The predicted octanol–water partition coefficient (Wildman–Crippen LogP) is 2.99. The Morgan fingerprint density at radius 3 is 2.26 bits per heavy atom. The molecule has 2 aliphatic rings. The van der Waals surface area contributed by atoms with E-state index in [4.69, 9.17) is 0 Å². The molecule has 0 aromatic heterocycles. The Morgan fingerprint density at radius 1 is 0.852 bits per heavy atom. The van der Waals surface area contributed by atoms with Gasteiger partial charge < -0.3 is 16.0 Å². The zero-order chi connectivity index (χ0) is 19.2. The molecule has 27 heavy (non-hydrogen) atoms. The van der Waals surface area contributed by atoms with Crippen molar-refractivity contribution in [1.29, 1.82) is 0 Å². The monoisotopic (exact) mass is 371 g/mol. The molecule has 3 amide bonds. The van der Waals surface area contributed by atoms with Crippen LogP contribution in [0.25, 0.3) is 0 Å². The van der Waals surface area contributed by atoms with Crippen molar-refractivity contribution >= 4 is 23.4 Å². The molecule has 0 heterocycles. The molecule has 3 rings (SSSR count). The molecule has 0 radical (unpaired) electrons. The van der Waals surface area contributed by atoms with E-state index in [1.165, 1.54) is 6.42 Å². The summed E-state index contributed by atoms with van der Waals surface area (Å²) in [6.07, 6.45) is 8.44. The van der Waals surface area contributed by atoms with Gasteiger partial charge in [-0.1, -0.05) is 44.7 Å². The van der Waals surface area contributed by atoms with Crippen molar-refractivity contribution in [1.82, 2.24) is 10.6 Å². The molecule has 146 valence electrons. The number of para-hydroxylation sites is 1. The second-order valence-electron chi connectivity index (χ2n) is 7.80. The lowest BCUT2D eigenvalue weighted by molar-refractivity contribution is -0.137. The number of nitrogens with one attached hydrogen (secondary N) is 3. The Bertz CT molecular complexity index is 698. The van der Waals surface area contributed by atoms with Crippen molar-refractivity contribution in [3.05, 3.63) is 29.8 Å². The van der Waals surface area contributed by atoms with Gasteiger partial charge in [-0.2, -0.15) is 0 Å². The number of hydrogen-bond acceptors (Lipinski definition) is 3. The number of carbonyl (C=O) groups excluding carboxylic acids is 3. The van der Waals surface area contributed by atoms with Gasteiger partial charge in [-0.3, -0.25) is 14.4 Å². The first-order valence-electron chi connectivity index (χ1n) is 10.1. The van der Waals surface area contributed by atoms with Crippen LogP contribution in [0.2, 0.25) is 0 Å². The van der Waals surface area contributed by atoms with Crippen molar-refractivity contribution in [2.45, 2.75) is 70.4 Å². The number of hydrogen-bond donors (Lipinski definition) is 3. The van der Waals surface area contributed by atoms with Gasteiger partial charge in [-0.15, -0.1) is 0 Å². The molecule has 0 aliphatic heterocycles. The molecule has 2 atom stereocenters. The van der Waals surface area contributed by atoms with E-state index in [0.29, 0.717) is 17.2 Å². The lowest BCUT2D eigenvalue weighted by atomic mass is 9.86. The third kappa shape index (κ3) is 5.08. The maximum absolute atomic E-state index is 12.6. The van der Waals surface area contributed by atoms with Crippen molar-refractivity contribution in [2.75, 3.05) is 5.32 Å². The van der Waals surface area contributed by atoms with Gasteiger partial charge >= 0.3 is 11.8 Å². The standard InChI is InChI=1S/C21H29N3O3/c1-14-8-2-6-12-17(14)23-20(26)21(27)24-18-13-7-5-11-16(18)19(25)22-15-9-3-4-10-15/h5,7,11,13-15,17H,2-4,6,8-10,12H2,1H3,(H,22,25)(H,23,26)(H,24,27)/t14-,17-/m1/s1. The number of carbonyl (C=O) groups is 3. The van der Waals surface area contributed by atoms with Crippen LogP contribution >= 0.6 is 0 Å². The molecular formula is C21H29N3O3. The van der Waals surface area contributed by atoms with Gasteiger partial charge in [0.2, 0.25) is 0 Å². The molecule has 2 saturated carbocycles. The molecule has 0 spiro atoms. The van der Waals surface area contributed by atoms with E-state index in [9.17, 15) is 14.4 Å². The molecule has 3 N–H and O–H groups in total. The van der Waals surface area contributed by atoms with E-state index in [1.54, 1.807) is 24.3 Å². The zero-order valence-electron chi connectivity index (χ0n) is 15.9. The van der Waals surface area contributed by atoms with Crippen molar-refractivity contribution in [3.8, 4) is 0 Å². The molecule has 6 nitrogen and oxygen atoms in total. The minimum absolute atomic E-state index is 0.0397. The summed E-state index contributed by atoms with van der Waals surface area (Å²) in [4.78, 5) is 37.2. The van der Waals surface area contributed by atoms with Crippen LogP contribution in [0, 0.1) is 5.92 Å². The molecule has 0 saturated heterocycles. The fraction of sp³-hybridized carbons (Fsp3) is 0.571. The van der Waals surface area contributed by atoms with Gasteiger partial charge in [-0.05, 0) is 43.7 Å². The Kier molecular flexibility index (Phi) is 6.48. The van der Waals surface area contributed by atoms with Gasteiger partial charge in [0, 0.05) is 12.1 Å². The molecule has 1 aromatic carbocycles. The summed E-state index contributed by atoms with van der Waals surface area (Å²) >= 11 is 0. The van der Waals surface area contributed by atoms with E-state index < -0.39 is 11.8 Å². The van der Waals surface area contributed by atoms with E-state index in [0.717, 1.165) is 44.9 Å². The molecule has 2 fully saturated rings. The maximum Gasteiger partial charge on any atom is 0.313 e. The third-order valence-electron chi connectivity index (χ3n) is 5.74. The first kappa shape index (κ1) is 19.4. The summed E-state index contributed by atoms with van der Waals surface area (Å²) in [5.41, 5.74) is 0.751. The van der Waals surface area contributed by atoms with E-state index in [2.05, 4.69) is 22.9 Å². The lowest BCUT2D eigenvalue weighted by Gasteiger charge is -2.29. The average molecular weight is 371 g/mol. The number of anilines is 1. The molecule has 1 aromatic rings. The predicted molar refractivity (Wildman–Crippen MR) is 104 cm³/mol. The first-order valence-corrected chi connectivity index (χ1v) is 10.1. The summed E-state index contributed by atoms with van der Waals surface area (Å²) < 4.78 is 0. The molecule has 6 heteroatoms. The summed E-state index contributed by atoms with van der Waals surface area (Å²) in [5.74, 6) is -1.20. The fourth-order valence-electron chi connectivity index (χ4n) is 4.07. The highest BCUT2D eigenvalue weighted by Gasteiger charge is 2.26. The van der Waals surface area contributed by atoms with Crippen molar-refractivity contribution in [2.24, 2.45) is 5.92 Å². The van der Waals surface area contributed by atoms with Crippen LogP contribution in [0.1, 0.15) is 68.6 Å². The normalized spacial score (nSPS) is 22.9. The SMILES string of the molecule is C[C@@H]1CCCC[C@H]1NC(=O)C(=O)Nc1ccccc1C(=O)NC1CCCC1. The summed E-state index contributed by atoms with van der Waals surface area (Å²) in [5, 5.41) is 8.47. The van der Waals surface area contributed by atoms with E-state index in [1.807, 2.05) is 0 Å². The van der Waals surface area contributed by atoms with E-state index >= 15 is 0 Å². The van der Waals surface area contributed by atoms with Crippen LogP contribution in [-0.2, 0) is 9.59 Å². The Balaban J connectivity index is 1.61. The van der Waals surface area contributed by atoms with E-state index in [-0.39, 0.29) is 18.0 Å². The minimum Gasteiger partial charge on any atom is -0.349 e. The lowest BCUT2D eigenvalue weighted by Crippen LogP contribution is -2.46. The third-order valence-corrected chi connectivity index (χ3v) is 5.74. The highest BCUT2D eigenvalue weighted by molar-refractivity contribution is 6.40. The zero-order valence-corrected chi connectivity index (χ0v) is 15.9. The summed E-state index contributed by atoms with van der Waals surface area (Å²) in [7, 11) is 0. The molecule has 2 aliphatic carbocycles. The number of benzene rings is 1. The Morgan fingerprint density at radius 2 is 1.52 bits per heavy atom. The smallest absolute Gasteiger partial charge is 0.313 e. The van der Waals surface area contributed by atoms with Crippen LogP contribution in [0.3, 0.4) is 0 Å². The van der Waals surface area contributed by atoms with Crippen molar-refractivity contribution < 1.29 is 14.4 Å². The second-order valence-corrected chi connectivity index (χ2v) is 7.80. The fourth-order valence-corrected chi connectivity index (χ4v) is 4.07. The molecule has 0 unspecified atom stereocenters. The number of amides is 3. The van der Waals surface area contributed by atoms with Gasteiger partial charge in [0.25, 0.3) is 5.91 Å². The van der Waals surface area contributed by atoms with Gasteiger partial charge in [0.05, 0.1) is 11.3 Å². The topological polar surface area (TPSA) is 87.3 Å². The largest absolute Gasteiger partial charge is 0.349 e. The van der Waals surface area contributed by atoms with Gasteiger partial charge in [-0.25, -0.2) is 0 Å². The van der Waals surface area contributed by atoms with Crippen molar-refractivity contribution in [3.63, 3.8) is 0 Å². The second kappa shape index (κ2) is 9.02. The Labute approximate surface area is 160 Å². The highest BCUT2D eigenvalue weighted by Crippen LogP contribution is 2.24. The molecular weight excluding hydrogens is 342 g/mol. The maximum atomic E-state index is 12.6. The van der Waals surface area contributed by atoms with Crippen LogP contribution < -0.4 is 16.0 Å². The Hall–Kier alpha value is -2.37. The van der Waals surface area contributed by atoms with Gasteiger partial charge in [0.15, 0.2) is 0 Å². The first-order chi connectivity index (χ1) is 13.0. The van der Waals surface area contributed by atoms with Crippen LogP contribution in [0.4, 0.5) is 5.69 Å². The summed E-state index contributed by atoms with van der Waals surface area (Å²) in [6.45, 7) is 2.10. The number of rotatable bonds is 4. The minimum atomic E-state index is -0.728. The van der Waals surface area contributed by atoms with Crippen LogP contribution in [0.5, 0.6) is 0 Å². The quantitative estimate of drug-likeness (QED) is 0.711. The van der Waals surface area contributed by atoms with Crippen LogP contribution in [-0.4, -0.2) is 29.8 Å². The molecule has 0 bridgehead atoms. The van der Waals surface area contributed by atoms with Gasteiger partial charge in [0.1, 0.15) is 0 Å². The highest BCUT2D eigenvalue weighted by atomic mass is 16.2.